The number of aliphatic hydroxyl groups excluding tert-OH is 1. The van der Waals surface area contributed by atoms with Gasteiger partial charge in [0.1, 0.15) is 5.82 Å². The van der Waals surface area contributed by atoms with Gasteiger partial charge in [0.2, 0.25) is 0 Å². The van der Waals surface area contributed by atoms with E-state index in [1.54, 1.807) is 12.1 Å². The van der Waals surface area contributed by atoms with Crippen LogP contribution in [0.5, 0.6) is 0 Å². The highest BCUT2D eigenvalue weighted by Crippen LogP contribution is 2.20. The summed E-state index contributed by atoms with van der Waals surface area (Å²) in [5, 5.41) is 12.7. The molecule has 0 spiro atoms. The van der Waals surface area contributed by atoms with Gasteiger partial charge in [-0.05, 0) is 50.5 Å². The lowest BCUT2D eigenvalue weighted by Crippen LogP contribution is -2.38. The van der Waals surface area contributed by atoms with Crippen molar-refractivity contribution in [1.82, 2.24) is 10.2 Å². The quantitative estimate of drug-likeness (QED) is 0.846. The van der Waals surface area contributed by atoms with Crippen LogP contribution in [0.2, 0.25) is 5.02 Å². The van der Waals surface area contributed by atoms with E-state index >= 15 is 0 Å². The standard InChI is InChI=1S/C15H22ClFN2O/c16-14-2-1-3-15(17)13(14)11-18-10-12-4-6-19(7-5-12)8-9-20/h1-3,12,18,20H,4-11H2. The predicted octanol–water partition coefficient (Wildman–Crippen LogP) is 2.27. The second kappa shape index (κ2) is 7.93. The lowest BCUT2D eigenvalue weighted by molar-refractivity contribution is 0.146. The second-order valence-corrected chi connectivity index (χ2v) is 5.75. The smallest absolute Gasteiger partial charge is 0.129 e. The Bertz CT molecular complexity index is 402. The Balaban J connectivity index is 1.72. The van der Waals surface area contributed by atoms with E-state index in [0.717, 1.165) is 39.0 Å². The molecular weight excluding hydrogens is 279 g/mol. The van der Waals surface area contributed by atoms with E-state index in [2.05, 4.69) is 10.2 Å². The van der Waals surface area contributed by atoms with Gasteiger partial charge in [-0.15, -0.1) is 0 Å². The van der Waals surface area contributed by atoms with E-state index in [1.165, 1.54) is 6.07 Å². The number of piperidine rings is 1. The van der Waals surface area contributed by atoms with Gasteiger partial charge in [0.15, 0.2) is 0 Å². The van der Waals surface area contributed by atoms with Crippen LogP contribution in [-0.2, 0) is 6.54 Å². The van der Waals surface area contributed by atoms with Gasteiger partial charge >= 0.3 is 0 Å². The molecule has 20 heavy (non-hydrogen) atoms. The Hall–Kier alpha value is -0.680. The molecular formula is C15H22ClFN2O. The lowest BCUT2D eigenvalue weighted by atomic mass is 9.97. The summed E-state index contributed by atoms with van der Waals surface area (Å²) in [4.78, 5) is 2.28. The zero-order chi connectivity index (χ0) is 14.4. The zero-order valence-electron chi connectivity index (χ0n) is 11.6. The molecule has 0 amide bonds. The Kier molecular flexibility index (Phi) is 6.23. The fraction of sp³-hybridized carbons (Fsp3) is 0.600. The molecule has 2 rings (SSSR count). The third-order valence-electron chi connectivity index (χ3n) is 3.92. The third kappa shape index (κ3) is 4.42. The summed E-state index contributed by atoms with van der Waals surface area (Å²) in [6.07, 6.45) is 2.25. The number of β-amino-alcohol motifs (C(OH)–C–C–N with tert-alkyl or cyclic N) is 1. The van der Waals surface area contributed by atoms with E-state index in [-0.39, 0.29) is 12.4 Å². The van der Waals surface area contributed by atoms with Crippen LogP contribution in [-0.4, -0.2) is 42.8 Å². The van der Waals surface area contributed by atoms with Crippen molar-refractivity contribution in [3.8, 4) is 0 Å². The van der Waals surface area contributed by atoms with E-state index in [1.807, 2.05) is 0 Å². The highest BCUT2D eigenvalue weighted by molar-refractivity contribution is 6.31. The molecule has 1 aromatic carbocycles. The van der Waals surface area contributed by atoms with Gasteiger partial charge < -0.3 is 15.3 Å². The molecule has 5 heteroatoms. The number of likely N-dealkylation sites (tertiary alicyclic amines) is 1. The van der Waals surface area contributed by atoms with Crippen LogP contribution in [0.25, 0.3) is 0 Å². The fourth-order valence-electron chi connectivity index (χ4n) is 2.66. The summed E-state index contributed by atoms with van der Waals surface area (Å²) in [6.45, 7) is 4.43. The SMILES string of the molecule is OCCN1CCC(CNCc2c(F)cccc2Cl)CC1. The molecule has 1 saturated heterocycles. The summed E-state index contributed by atoms with van der Waals surface area (Å²) in [5.41, 5.74) is 0.548. The van der Waals surface area contributed by atoms with Gasteiger partial charge in [0.25, 0.3) is 0 Å². The largest absolute Gasteiger partial charge is 0.395 e. The van der Waals surface area contributed by atoms with Crippen molar-refractivity contribution >= 4 is 11.6 Å². The maximum absolute atomic E-state index is 13.6. The second-order valence-electron chi connectivity index (χ2n) is 5.34. The van der Waals surface area contributed by atoms with Gasteiger partial charge in [-0.3, -0.25) is 0 Å². The molecule has 1 aliphatic rings. The first kappa shape index (κ1) is 15.7. The van der Waals surface area contributed by atoms with E-state index in [0.29, 0.717) is 23.0 Å². The molecule has 0 aliphatic carbocycles. The molecule has 1 fully saturated rings. The van der Waals surface area contributed by atoms with Crippen LogP contribution in [0.4, 0.5) is 4.39 Å². The maximum atomic E-state index is 13.6. The highest BCUT2D eigenvalue weighted by atomic mass is 35.5. The van der Waals surface area contributed by atoms with Crippen molar-refractivity contribution in [1.29, 1.82) is 0 Å². The molecule has 112 valence electrons. The average molecular weight is 301 g/mol. The number of nitrogens with one attached hydrogen (secondary N) is 1. The number of hydrogen-bond donors (Lipinski definition) is 2. The van der Waals surface area contributed by atoms with Crippen molar-refractivity contribution in [3.63, 3.8) is 0 Å². The lowest BCUT2D eigenvalue weighted by Gasteiger charge is -2.31. The summed E-state index contributed by atoms with van der Waals surface area (Å²) in [5.74, 6) is 0.373. The summed E-state index contributed by atoms with van der Waals surface area (Å²) in [7, 11) is 0. The summed E-state index contributed by atoms with van der Waals surface area (Å²) in [6, 6.07) is 4.78. The first-order valence-electron chi connectivity index (χ1n) is 7.17. The van der Waals surface area contributed by atoms with Crippen LogP contribution in [0.1, 0.15) is 18.4 Å². The zero-order valence-corrected chi connectivity index (χ0v) is 12.4. The third-order valence-corrected chi connectivity index (χ3v) is 4.27. The first-order chi connectivity index (χ1) is 9.70. The van der Waals surface area contributed by atoms with Gasteiger partial charge in [0, 0.05) is 23.7 Å². The Morgan fingerprint density at radius 3 is 2.75 bits per heavy atom. The van der Waals surface area contributed by atoms with Crippen molar-refractivity contribution in [2.24, 2.45) is 5.92 Å². The molecule has 0 bridgehead atoms. The summed E-state index contributed by atoms with van der Waals surface area (Å²) >= 11 is 5.99. The number of nitrogens with zero attached hydrogens (tertiary/aromatic N) is 1. The number of aliphatic hydroxyl groups is 1. The van der Waals surface area contributed by atoms with Crippen LogP contribution in [0.3, 0.4) is 0 Å². The average Bonchev–Trinajstić information content (AvgIpc) is 2.44. The van der Waals surface area contributed by atoms with E-state index in [9.17, 15) is 4.39 Å². The fourth-order valence-corrected chi connectivity index (χ4v) is 2.89. The Labute approximate surface area is 124 Å². The minimum absolute atomic E-state index is 0.231. The number of halogens is 2. The van der Waals surface area contributed by atoms with E-state index < -0.39 is 0 Å². The maximum Gasteiger partial charge on any atom is 0.129 e. The van der Waals surface area contributed by atoms with Gasteiger partial charge in [-0.25, -0.2) is 4.39 Å². The van der Waals surface area contributed by atoms with Crippen molar-refractivity contribution in [2.45, 2.75) is 19.4 Å². The van der Waals surface area contributed by atoms with Crippen molar-refractivity contribution in [2.75, 3.05) is 32.8 Å². The molecule has 0 unspecified atom stereocenters. The minimum atomic E-state index is -0.247. The topological polar surface area (TPSA) is 35.5 Å². The first-order valence-corrected chi connectivity index (χ1v) is 7.55. The van der Waals surface area contributed by atoms with Gasteiger partial charge in [-0.2, -0.15) is 0 Å². The van der Waals surface area contributed by atoms with E-state index in [4.69, 9.17) is 16.7 Å². The predicted molar refractivity (Wildman–Crippen MR) is 79.4 cm³/mol. The molecule has 3 nitrogen and oxygen atoms in total. The number of benzene rings is 1. The van der Waals surface area contributed by atoms with Gasteiger partial charge in [-0.1, -0.05) is 17.7 Å². The number of rotatable bonds is 6. The molecule has 1 heterocycles. The molecule has 1 aromatic rings. The van der Waals surface area contributed by atoms with Crippen molar-refractivity contribution in [3.05, 3.63) is 34.6 Å². The minimum Gasteiger partial charge on any atom is -0.395 e. The highest BCUT2D eigenvalue weighted by Gasteiger charge is 2.18. The molecule has 2 N–H and O–H groups in total. The van der Waals surface area contributed by atoms with Crippen LogP contribution < -0.4 is 5.32 Å². The summed E-state index contributed by atoms with van der Waals surface area (Å²) < 4.78 is 13.6. The van der Waals surface area contributed by atoms with Gasteiger partial charge in [0.05, 0.1) is 6.61 Å². The molecule has 0 atom stereocenters. The monoisotopic (exact) mass is 300 g/mol. The van der Waals surface area contributed by atoms with Crippen molar-refractivity contribution < 1.29 is 9.50 Å². The van der Waals surface area contributed by atoms with Crippen LogP contribution >= 0.6 is 11.6 Å². The Morgan fingerprint density at radius 2 is 2.10 bits per heavy atom. The molecule has 1 aliphatic heterocycles. The normalized spacial score (nSPS) is 17.6. The molecule has 0 radical (unpaired) electrons. The molecule has 0 saturated carbocycles. The van der Waals surface area contributed by atoms with Crippen LogP contribution in [0, 0.1) is 11.7 Å². The Morgan fingerprint density at radius 1 is 1.35 bits per heavy atom. The van der Waals surface area contributed by atoms with Crippen LogP contribution in [0.15, 0.2) is 18.2 Å². The number of hydrogen-bond acceptors (Lipinski definition) is 3. The molecule has 0 aromatic heterocycles.